The van der Waals surface area contributed by atoms with Gasteiger partial charge in [0.2, 0.25) is 0 Å². The summed E-state index contributed by atoms with van der Waals surface area (Å²) in [4.78, 5) is 19.3. The Morgan fingerprint density at radius 3 is 2.79 bits per heavy atom. The van der Waals surface area contributed by atoms with Crippen molar-refractivity contribution in [3.05, 3.63) is 66.0 Å². The number of aromatic nitrogens is 1. The smallest absolute Gasteiger partial charge is 0.260 e. The number of carbonyl (C=O) groups is 1. The average Bonchev–Trinajstić information content (AvgIpc) is 2.77. The molecule has 0 bridgehead atoms. The Hall–Kier alpha value is -3.08. The van der Waals surface area contributed by atoms with Crippen LogP contribution in [0.4, 0.5) is 0 Å². The average molecular weight is 390 g/mol. The highest BCUT2D eigenvalue weighted by Gasteiger charge is 2.26. The van der Waals surface area contributed by atoms with Gasteiger partial charge in [0.1, 0.15) is 0 Å². The lowest BCUT2D eigenvalue weighted by molar-refractivity contribution is -0.134. The largest absolute Gasteiger partial charge is 0.493 e. The third kappa shape index (κ3) is 4.34. The molecule has 2 aromatic carbocycles. The Labute approximate surface area is 171 Å². The molecule has 1 aromatic heterocycles. The van der Waals surface area contributed by atoms with Crippen LogP contribution in [0.3, 0.4) is 0 Å². The summed E-state index contributed by atoms with van der Waals surface area (Å²) < 4.78 is 11.1. The molecule has 3 aromatic rings. The minimum absolute atomic E-state index is 0.00174. The Bertz CT molecular complexity index is 1020. The molecule has 5 heteroatoms. The van der Waals surface area contributed by atoms with E-state index in [0.29, 0.717) is 18.0 Å². The first-order valence-electron chi connectivity index (χ1n) is 10.0. The van der Waals surface area contributed by atoms with E-state index in [2.05, 4.69) is 23.2 Å². The fourth-order valence-electron chi connectivity index (χ4n) is 3.89. The van der Waals surface area contributed by atoms with Gasteiger partial charge in [-0.05, 0) is 48.9 Å². The van der Waals surface area contributed by atoms with Crippen molar-refractivity contribution < 1.29 is 14.3 Å². The molecule has 1 atom stereocenters. The van der Waals surface area contributed by atoms with Crippen LogP contribution < -0.4 is 9.47 Å². The maximum Gasteiger partial charge on any atom is 0.260 e. The molecule has 2 heterocycles. The predicted octanol–water partition coefficient (Wildman–Crippen LogP) is 4.34. The van der Waals surface area contributed by atoms with Crippen molar-refractivity contribution in [2.75, 3.05) is 26.8 Å². The number of hydrogen-bond donors (Lipinski definition) is 0. The van der Waals surface area contributed by atoms with Crippen molar-refractivity contribution in [2.45, 2.75) is 25.7 Å². The van der Waals surface area contributed by atoms with Gasteiger partial charge in [0.15, 0.2) is 18.1 Å². The number of methoxy groups -OCH3 is 1. The van der Waals surface area contributed by atoms with Gasteiger partial charge in [-0.2, -0.15) is 0 Å². The van der Waals surface area contributed by atoms with Crippen molar-refractivity contribution in [1.29, 1.82) is 0 Å². The molecule has 1 saturated heterocycles. The monoisotopic (exact) mass is 390 g/mol. The second kappa shape index (κ2) is 8.52. The minimum Gasteiger partial charge on any atom is -0.493 e. The lowest BCUT2D eigenvalue weighted by Crippen LogP contribution is -2.41. The molecular formula is C24H26N2O3. The van der Waals surface area contributed by atoms with Crippen LogP contribution in [0, 0.1) is 6.92 Å². The van der Waals surface area contributed by atoms with E-state index < -0.39 is 0 Å². The van der Waals surface area contributed by atoms with Crippen LogP contribution in [0.1, 0.15) is 30.0 Å². The molecule has 1 unspecified atom stereocenters. The molecule has 0 saturated carbocycles. The van der Waals surface area contributed by atoms with Gasteiger partial charge >= 0.3 is 0 Å². The Morgan fingerprint density at radius 2 is 1.97 bits per heavy atom. The summed E-state index contributed by atoms with van der Waals surface area (Å²) in [7, 11) is 1.61. The maximum absolute atomic E-state index is 12.8. The number of piperidine rings is 1. The number of ether oxygens (including phenoxy) is 2. The summed E-state index contributed by atoms with van der Waals surface area (Å²) in [5.41, 5.74) is 2.14. The lowest BCUT2D eigenvalue weighted by atomic mass is 9.93. The Kier molecular flexibility index (Phi) is 5.65. The summed E-state index contributed by atoms with van der Waals surface area (Å²) in [6, 6.07) is 16.1. The topological polar surface area (TPSA) is 51.7 Å². The van der Waals surface area contributed by atoms with E-state index in [0.717, 1.165) is 36.0 Å². The highest BCUT2D eigenvalue weighted by atomic mass is 16.5. The van der Waals surface area contributed by atoms with E-state index in [4.69, 9.17) is 9.47 Å². The highest BCUT2D eigenvalue weighted by molar-refractivity contribution is 5.82. The number of amides is 1. The van der Waals surface area contributed by atoms with Crippen LogP contribution >= 0.6 is 0 Å². The van der Waals surface area contributed by atoms with Crippen molar-refractivity contribution >= 4 is 16.7 Å². The number of hydrogen-bond acceptors (Lipinski definition) is 4. The fraction of sp³-hybridized carbons (Fsp3) is 0.333. The van der Waals surface area contributed by atoms with Gasteiger partial charge in [-0.1, -0.05) is 30.3 Å². The first-order chi connectivity index (χ1) is 14.1. The molecular weight excluding hydrogens is 364 g/mol. The number of fused-ring (bicyclic) bond motifs is 1. The second-order valence-electron chi connectivity index (χ2n) is 7.58. The lowest BCUT2D eigenvalue weighted by Gasteiger charge is -2.32. The molecule has 5 nitrogen and oxygen atoms in total. The highest BCUT2D eigenvalue weighted by Crippen LogP contribution is 2.29. The zero-order valence-electron chi connectivity index (χ0n) is 16.9. The zero-order valence-corrected chi connectivity index (χ0v) is 16.9. The summed E-state index contributed by atoms with van der Waals surface area (Å²) >= 11 is 0. The third-order valence-electron chi connectivity index (χ3n) is 5.51. The number of benzene rings is 2. The second-order valence-corrected chi connectivity index (χ2v) is 7.58. The van der Waals surface area contributed by atoms with Gasteiger partial charge in [0.05, 0.1) is 7.11 Å². The molecule has 0 N–H and O–H groups in total. The van der Waals surface area contributed by atoms with Crippen molar-refractivity contribution in [3.63, 3.8) is 0 Å². The van der Waals surface area contributed by atoms with E-state index in [-0.39, 0.29) is 18.4 Å². The van der Waals surface area contributed by atoms with Crippen LogP contribution in [0.15, 0.2) is 54.7 Å². The standard InChI is InChI=1S/C24H26N2O3/c1-17-9-10-22(23(12-17)28-2)29-16-24(27)26-11-5-8-20(15-26)21-13-18-6-3-4-7-19(18)14-25-21/h3-4,6-7,9-10,12-14,20H,5,8,11,15-16H2,1-2H3. The van der Waals surface area contributed by atoms with Gasteiger partial charge in [-0.25, -0.2) is 0 Å². The van der Waals surface area contributed by atoms with Crippen LogP contribution in [0.25, 0.3) is 10.8 Å². The molecule has 0 spiro atoms. The Morgan fingerprint density at radius 1 is 1.14 bits per heavy atom. The number of aryl methyl sites for hydroxylation is 1. The van der Waals surface area contributed by atoms with Gasteiger partial charge in [-0.15, -0.1) is 0 Å². The molecule has 1 fully saturated rings. The molecule has 29 heavy (non-hydrogen) atoms. The first-order valence-corrected chi connectivity index (χ1v) is 10.0. The summed E-state index contributed by atoms with van der Waals surface area (Å²) in [6.45, 7) is 3.44. The van der Waals surface area contributed by atoms with Crippen LogP contribution in [0.5, 0.6) is 11.5 Å². The SMILES string of the molecule is COc1cc(C)ccc1OCC(=O)N1CCCC(c2cc3ccccc3cn2)C1. The molecule has 1 aliphatic heterocycles. The quantitative estimate of drug-likeness (QED) is 0.650. The Balaban J connectivity index is 1.41. The van der Waals surface area contributed by atoms with Crippen LogP contribution in [-0.4, -0.2) is 42.6 Å². The number of carbonyl (C=O) groups excluding carboxylic acids is 1. The maximum atomic E-state index is 12.8. The summed E-state index contributed by atoms with van der Waals surface area (Å²) in [6.07, 6.45) is 3.94. The molecule has 150 valence electrons. The zero-order chi connectivity index (χ0) is 20.2. The fourth-order valence-corrected chi connectivity index (χ4v) is 3.89. The molecule has 0 aliphatic carbocycles. The van der Waals surface area contributed by atoms with E-state index >= 15 is 0 Å². The van der Waals surface area contributed by atoms with Crippen molar-refractivity contribution in [3.8, 4) is 11.5 Å². The normalized spacial score (nSPS) is 16.6. The van der Waals surface area contributed by atoms with Gasteiger partial charge in [0.25, 0.3) is 5.91 Å². The van der Waals surface area contributed by atoms with E-state index in [1.165, 1.54) is 5.39 Å². The van der Waals surface area contributed by atoms with Crippen molar-refractivity contribution in [1.82, 2.24) is 9.88 Å². The van der Waals surface area contributed by atoms with E-state index in [1.807, 2.05) is 48.4 Å². The van der Waals surface area contributed by atoms with Crippen LogP contribution in [0.2, 0.25) is 0 Å². The number of rotatable bonds is 5. The minimum atomic E-state index is -0.00174. The van der Waals surface area contributed by atoms with Gasteiger partial charge in [0, 0.05) is 36.3 Å². The predicted molar refractivity (Wildman–Crippen MR) is 114 cm³/mol. The van der Waals surface area contributed by atoms with Crippen LogP contribution in [-0.2, 0) is 4.79 Å². The first kappa shape index (κ1) is 19.2. The molecule has 1 amide bonds. The molecule has 4 rings (SSSR count). The molecule has 0 radical (unpaired) electrons. The summed E-state index contributed by atoms with van der Waals surface area (Å²) in [5.74, 6) is 1.50. The molecule has 1 aliphatic rings. The third-order valence-corrected chi connectivity index (χ3v) is 5.51. The number of pyridine rings is 1. The van der Waals surface area contributed by atoms with Gasteiger partial charge < -0.3 is 14.4 Å². The number of likely N-dealkylation sites (tertiary alicyclic amines) is 1. The van der Waals surface area contributed by atoms with E-state index in [1.54, 1.807) is 7.11 Å². The summed E-state index contributed by atoms with van der Waals surface area (Å²) in [5, 5.41) is 2.33. The van der Waals surface area contributed by atoms with Gasteiger partial charge in [-0.3, -0.25) is 9.78 Å². The van der Waals surface area contributed by atoms with E-state index in [9.17, 15) is 4.79 Å². The number of nitrogens with zero attached hydrogens (tertiary/aromatic N) is 2. The van der Waals surface area contributed by atoms with Crippen molar-refractivity contribution in [2.24, 2.45) is 0 Å².